The maximum absolute atomic E-state index is 15.9. The van der Waals surface area contributed by atoms with Crippen LogP contribution in [0.15, 0.2) is 43.4 Å². The van der Waals surface area contributed by atoms with Crippen LogP contribution < -0.4 is 4.90 Å². The van der Waals surface area contributed by atoms with Gasteiger partial charge in [0.1, 0.15) is 17.7 Å². The van der Waals surface area contributed by atoms with E-state index in [0.717, 1.165) is 16.5 Å². The van der Waals surface area contributed by atoms with Crippen LogP contribution in [0.25, 0.3) is 32.9 Å². The van der Waals surface area contributed by atoms with Crippen molar-refractivity contribution in [3.63, 3.8) is 0 Å². The number of aromatic amines is 1. The molecule has 0 radical (unpaired) electrons. The molecule has 0 aliphatic carbocycles. The lowest BCUT2D eigenvalue weighted by Crippen LogP contribution is -2.48. The summed E-state index contributed by atoms with van der Waals surface area (Å²) in [7, 11) is 0. The van der Waals surface area contributed by atoms with Gasteiger partial charge in [0.15, 0.2) is 5.82 Å². The first kappa shape index (κ1) is 20.4. The number of halogens is 2. The lowest BCUT2D eigenvalue weighted by molar-refractivity contribution is -0.126. The number of hydrogen-bond donors (Lipinski definition) is 1. The zero-order valence-corrected chi connectivity index (χ0v) is 18.2. The summed E-state index contributed by atoms with van der Waals surface area (Å²) >= 11 is 6.67. The Morgan fingerprint density at radius 3 is 2.72 bits per heavy atom. The van der Waals surface area contributed by atoms with Crippen molar-refractivity contribution in [1.82, 2.24) is 25.1 Å². The highest BCUT2D eigenvalue weighted by Gasteiger charge is 2.25. The third kappa shape index (κ3) is 3.18. The molecular weight excluding hydrogens is 431 g/mol. The summed E-state index contributed by atoms with van der Waals surface area (Å²) in [5, 5.41) is 8.63. The van der Waals surface area contributed by atoms with E-state index in [2.05, 4.69) is 26.7 Å². The fraction of sp³-hybridized carbons (Fsp3) is 0.217. The maximum atomic E-state index is 15.9. The van der Waals surface area contributed by atoms with Gasteiger partial charge in [-0.3, -0.25) is 9.89 Å². The number of amides is 1. The maximum Gasteiger partial charge on any atom is 0.246 e. The Kier molecular flexibility index (Phi) is 5.01. The van der Waals surface area contributed by atoms with Crippen LogP contribution in [0.3, 0.4) is 0 Å². The first-order valence-electron chi connectivity index (χ1n) is 10.2. The molecule has 9 heteroatoms. The Labute approximate surface area is 188 Å². The smallest absolute Gasteiger partial charge is 0.246 e. The normalized spacial score (nSPS) is 14.3. The minimum Gasteiger partial charge on any atom is -0.352 e. The molecule has 1 fully saturated rings. The molecule has 32 heavy (non-hydrogen) atoms. The van der Waals surface area contributed by atoms with Crippen molar-refractivity contribution in [1.29, 1.82) is 0 Å². The van der Waals surface area contributed by atoms with Crippen LogP contribution >= 0.6 is 11.6 Å². The van der Waals surface area contributed by atoms with Gasteiger partial charge in [0.2, 0.25) is 5.91 Å². The molecule has 0 bridgehead atoms. The summed E-state index contributed by atoms with van der Waals surface area (Å²) in [6, 6.07) is 5.54. The largest absolute Gasteiger partial charge is 0.352 e. The molecule has 2 aromatic carbocycles. The highest BCUT2D eigenvalue weighted by Crippen LogP contribution is 2.41. The number of H-pyrrole nitrogens is 1. The lowest BCUT2D eigenvalue weighted by Gasteiger charge is -2.35. The number of anilines is 1. The van der Waals surface area contributed by atoms with E-state index in [9.17, 15) is 4.79 Å². The molecule has 0 unspecified atom stereocenters. The molecule has 1 saturated heterocycles. The summed E-state index contributed by atoms with van der Waals surface area (Å²) in [4.78, 5) is 24.3. The number of rotatable bonds is 3. The van der Waals surface area contributed by atoms with Crippen molar-refractivity contribution in [2.75, 3.05) is 31.1 Å². The number of benzene rings is 2. The quantitative estimate of drug-likeness (QED) is 0.475. The molecule has 1 aliphatic heterocycles. The van der Waals surface area contributed by atoms with Gasteiger partial charge in [0, 0.05) is 48.1 Å². The second kappa shape index (κ2) is 7.87. The van der Waals surface area contributed by atoms with Crippen LogP contribution in [-0.2, 0) is 4.79 Å². The Bertz CT molecular complexity index is 1380. The van der Waals surface area contributed by atoms with Gasteiger partial charge in [-0.05, 0) is 30.7 Å². The van der Waals surface area contributed by atoms with Crippen molar-refractivity contribution < 1.29 is 9.18 Å². The molecule has 1 amide bonds. The van der Waals surface area contributed by atoms with Gasteiger partial charge in [-0.1, -0.05) is 24.2 Å². The average Bonchev–Trinajstić information content (AvgIpc) is 3.28. The van der Waals surface area contributed by atoms with Crippen molar-refractivity contribution in [3.05, 3.63) is 59.8 Å². The number of aromatic nitrogens is 4. The van der Waals surface area contributed by atoms with Crippen molar-refractivity contribution >= 4 is 45.1 Å². The van der Waals surface area contributed by atoms with Gasteiger partial charge in [-0.2, -0.15) is 5.10 Å². The number of nitrogens with one attached hydrogen (secondary N) is 1. The minimum atomic E-state index is -0.492. The number of aryl methyl sites for hydroxylation is 1. The first-order chi connectivity index (χ1) is 15.5. The predicted octanol–water partition coefficient (Wildman–Crippen LogP) is 4.11. The molecule has 4 aromatic rings. The highest BCUT2D eigenvalue weighted by molar-refractivity contribution is 6.35. The van der Waals surface area contributed by atoms with Crippen LogP contribution in [0.2, 0.25) is 5.02 Å². The van der Waals surface area contributed by atoms with E-state index >= 15 is 4.39 Å². The zero-order chi connectivity index (χ0) is 22.4. The summed E-state index contributed by atoms with van der Waals surface area (Å²) in [6.45, 7) is 7.66. The zero-order valence-electron chi connectivity index (χ0n) is 17.4. The molecule has 5 rings (SSSR count). The molecular formula is C23H20ClFN6O. The van der Waals surface area contributed by atoms with Gasteiger partial charge in [0.25, 0.3) is 0 Å². The number of carbonyl (C=O) groups excluding carboxylic acids is 1. The second-order valence-electron chi connectivity index (χ2n) is 7.75. The molecule has 0 atom stereocenters. The fourth-order valence-corrected chi connectivity index (χ4v) is 4.61. The van der Waals surface area contributed by atoms with E-state index in [1.165, 1.54) is 12.4 Å². The Morgan fingerprint density at radius 2 is 1.97 bits per heavy atom. The number of hydrogen-bond acceptors (Lipinski definition) is 5. The standard InChI is InChI=1S/C23H20ClFN6O/c1-3-18(32)30-6-8-31(9-7-30)23-14-10-16(24)20(21(25)22(14)26-12-27-23)19-13(2)4-5-17-15(19)11-28-29-17/h3-5,10-12H,1,6-9H2,2H3,(H,28,29). The number of carbonyl (C=O) groups is 1. The van der Waals surface area contributed by atoms with Crippen LogP contribution in [0.1, 0.15) is 5.56 Å². The Balaban J connectivity index is 1.62. The van der Waals surface area contributed by atoms with Gasteiger partial charge in [-0.25, -0.2) is 14.4 Å². The monoisotopic (exact) mass is 450 g/mol. The van der Waals surface area contributed by atoms with Crippen LogP contribution in [0.4, 0.5) is 10.2 Å². The molecule has 162 valence electrons. The van der Waals surface area contributed by atoms with E-state index < -0.39 is 5.82 Å². The number of fused-ring (bicyclic) bond motifs is 2. The number of nitrogens with zero attached hydrogens (tertiary/aromatic N) is 5. The summed E-state index contributed by atoms with van der Waals surface area (Å²) in [5.74, 6) is 0.0134. The third-order valence-electron chi connectivity index (χ3n) is 5.95. The highest BCUT2D eigenvalue weighted by atomic mass is 35.5. The number of piperazine rings is 1. The minimum absolute atomic E-state index is 0.0975. The van der Waals surface area contributed by atoms with Crippen molar-refractivity contribution in [2.45, 2.75) is 6.92 Å². The third-order valence-corrected chi connectivity index (χ3v) is 6.25. The molecule has 1 aliphatic rings. The summed E-state index contributed by atoms with van der Waals surface area (Å²) < 4.78 is 15.9. The topological polar surface area (TPSA) is 78.0 Å². The van der Waals surface area contributed by atoms with E-state index in [1.54, 1.807) is 17.2 Å². The fourth-order valence-electron chi connectivity index (χ4n) is 4.32. The van der Waals surface area contributed by atoms with Crippen LogP contribution in [0, 0.1) is 12.7 Å². The van der Waals surface area contributed by atoms with Crippen molar-refractivity contribution in [3.8, 4) is 11.1 Å². The van der Waals surface area contributed by atoms with E-state index in [0.29, 0.717) is 48.5 Å². The van der Waals surface area contributed by atoms with Gasteiger partial charge < -0.3 is 9.80 Å². The van der Waals surface area contributed by atoms with Gasteiger partial charge in [-0.15, -0.1) is 0 Å². The molecule has 2 aromatic heterocycles. The van der Waals surface area contributed by atoms with E-state index in [1.807, 2.05) is 24.0 Å². The lowest BCUT2D eigenvalue weighted by atomic mass is 9.95. The van der Waals surface area contributed by atoms with Crippen LogP contribution in [-0.4, -0.2) is 57.2 Å². The summed E-state index contributed by atoms with van der Waals surface area (Å²) in [5.41, 5.74) is 2.89. The Morgan fingerprint density at radius 1 is 1.19 bits per heavy atom. The van der Waals surface area contributed by atoms with Gasteiger partial charge >= 0.3 is 0 Å². The second-order valence-corrected chi connectivity index (χ2v) is 8.15. The van der Waals surface area contributed by atoms with Gasteiger partial charge in [0.05, 0.1) is 16.7 Å². The molecule has 3 heterocycles. The molecule has 0 saturated carbocycles. The SMILES string of the molecule is C=CC(=O)N1CCN(c2ncnc3c(F)c(-c4c(C)ccc5[nH]ncc45)c(Cl)cc23)CC1. The predicted molar refractivity (Wildman–Crippen MR) is 123 cm³/mol. The van der Waals surface area contributed by atoms with E-state index in [4.69, 9.17) is 11.6 Å². The van der Waals surface area contributed by atoms with Crippen LogP contribution in [0.5, 0.6) is 0 Å². The average molecular weight is 451 g/mol. The van der Waals surface area contributed by atoms with E-state index in [-0.39, 0.29) is 16.4 Å². The summed E-state index contributed by atoms with van der Waals surface area (Å²) in [6.07, 6.45) is 4.35. The molecule has 1 N–H and O–H groups in total. The molecule has 0 spiro atoms. The Hall–Kier alpha value is -3.52. The van der Waals surface area contributed by atoms with Crippen molar-refractivity contribution in [2.24, 2.45) is 0 Å². The molecule has 7 nitrogen and oxygen atoms in total. The first-order valence-corrected chi connectivity index (χ1v) is 10.6.